The van der Waals surface area contributed by atoms with Crippen molar-refractivity contribution in [3.8, 4) is 11.9 Å². The first kappa shape index (κ1) is 14.9. The van der Waals surface area contributed by atoms with Gasteiger partial charge in [-0.3, -0.25) is 15.0 Å². The summed E-state index contributed by atoms with van der Waals surface area (Å²) in [6.07, 6.45) is 1.26. The Morgan fingerprint density at radius 1 is 1.43 bits per heavy atom. The van der Waals surface area contributed by atoms with Crippen LogP contribution >= 0.6 is 0 Å². The molecule has 0 N–H and O–H groups in total. The number of anilines is 1. The van der Waals surface area contributed by atoms with Gasteiger partial charge in [0.05, 0.1) is 24.1 Å². The van der Waals surface area contributed by atoms with Crippen LogP contribution in [0.1, 0.15) is 6.92 Å². The molecule has 0 aliphatic carbocycles. The maximum Gasteiger partial charge on any atom is 0.372 e. The molecule has 1 aliphatic rings. The van der Waals surface area contributed by atoms with Crippen molar-refractivity contribution in [2.75, 3.05) is 38.2 Å². The number of ether oxygens (including phenoxy) is 1. The van der Waals surface area contributed by atoms with Crippen LogP contribution in [0.25, 0.3) is 0 Å². The summed E-state index contributed by atoms with van der Waals surface area (Å²) in [6.45, 7) is 4.27. The van der Waals surface area contributed by atoms with Gasteiger partial charge in [-0.15, -0.1) is 0 Å². The van der Waals surface area contributed by atoms with E-state index in [1.807, 2.05) is 16.7 Å². The highest BCUT2D eigenvalue weighted by atomic mass is 16.6. The summed E-state index contributed by atoms with van der Waals surface area (Å²) >= 11 is 0. The summed E-state index contributed by atoms with van der Waals surface area (Å²) in [4.78, 5) is 22.4. The van der Waals surface area contributed by atoms with E-state index in [2.05, 4.69) is 16.0 Å². The van der Waals surface area contributed by atoms with Crippen LogP contribution in [0, 0.1) is 21.4 Å². The van der Waals surface area contributed by atoms with Crippen LogP contribution in [0.5, 0.6) is 5.88 Å². The zero-order chi connectivity index (χ0) is 15.4. The standard InChI is InChI=1S/C12H16N6O3/c1-9(7-13)16-3-5-17(6-4-16)11-10(18(19)20)12(21-2)15-8-14-11/h8-9H,3-6H2,1-2H3. The Morgan fingerprint density at radius 2 is 2.10 bits per heavy atom. The van der Waals surface area contributed by atoms with Crippen molar-refractivity contribution in [3.63, 3.8) is 0 Å². The summed E-state index contributed by atoms with van der Waals surface area (Å²) in [7, 11) is 1.34. The van der Waals surface area contributed by atoms with E-state index in [0.717, 1.165) is 0 Å². The Hall–Kier alpha value is -2.47. The molecule has 2 heterocycles. The summed E-state index contributed by atoms with van der Waals surface area (Å²) < 4.78 is 4.94. The smallest absolute Gasteiger partial charge is 0.372 e. The van der Waals surface area contributed by atoms with Gasteiger partial charge in [-0.05, 0) is 6.92 Å². The van der Waals surface area contributed by atoms with E-state index in [1.54, 1.807) is 0 Å². The third-order valence-electron chi connectivity index (χ3n) is 3.49. The summed E-state index contributed by atoms with van der Waals surface area (Å²) in [6, 6.07) is 2.03. The maximum absolute atomic E-state index is 11.2. The van der Waals surface area contributed by atoms with E-state index in [1.165, 1.54) is 13.4 Å². The van der Waals surface area contributed by atoms with Crippen molar-refractivity contribution >= 4 is 11.5 Å². The first-order chi connectivity index (χ1) is 10.1. The van der Waals surface area contributed by atoms with Crippen LogP contribution in [0.2, 0.25) is 0 Å². The number of hydrogen-bond acceptors (Lipinski definition) is 8. The first-order valence-corrected chi connectivity index (χ1v) is 6.50. The molecule has 0 aromatic carbocycles. The molecule has 1 aliphatic heterocycles. The molecule has 9 nitrogen and oxygen atoms in total. The van der Waals surface area contributed by atoms with Crippen molar-refractivity contribution in [1.29, 1.82) is 5.26 Å². The van der Waals surface area contributed by atoms with Gasteiger partial charge in [-0.25, -0.2) is 4.98 Å². The van der Waals surface area contributed by atoms with Gasteiger partial charge in [0, 0.05) is 26.2 Å². The van der Waals surface area contributed by atoms with Gasteiger partial charge in [0.1, 0.15) is 6.33 Å². The minimum atomic E-state index is -0.529. The van der Waals surface area contributed by atoms with Gasteiger partial charge in [-0.1, -0.05) is 0 Å². The molecule has 1 atom stereocenters. The zero-order valence-electron chi connectivity index (χ0n) is 11.9. The molecular weight excluding hydrogens is 276 g/mol. The first-order valence-electron chi connectivity index (χ1n) is 6.50. The number of rotatable bonds is 4. The van der Waals surface area contributed by atoms with E-state index in [9.17, 15) is 10.1 Å². The van der Waals surface area contributed by atoms with Gasteiger partial charge in [-0.2, -0.15) is 10.2 Å². The molecule has 0 spiro atoms. The van der Waals surface area contributed by atoms with Gasteiger partial charge in [0.25, 0.3) is 5.88 Å². The number of aromatic nitrogens is 2. The van der Waals surface area contributed by atoms with E-state index in [4.69, 9.17) is 10.00 Å². The lowest BCUT2D eigenvalue weighted by Gasteiger charge is -2.36. The summed E-state index contributed by atoms with van der Waals surface area (Å²) in [5.41, 5.74) is -0.221. The fraction of sp³-hybridized carbons (Fsp3) is 0.583. The number of hydrogen-bond donors (Lipinski definition) is 0. The molecule has 9 heteroatoms. The van der Waals surface area contributed by atoms with E-state index in [0.29, 0.717) is 26.2 Å². The van der Waals surface area contributed by atoms with Crippen LogP contribution in [0.4, 0.5) is 11.5 Å². The monoisotopic (exact) mass is 292 g/mol. The molecule has 0 saturated carbocycles. The van der Waals surface area contributed by atoms with Crippen molar-refractivity contribution in [3.05, 3.63) is 16.4 Å². The Kier molecular flexibility index (Phi) is 4.49. The predicted molar refractivity (Wildman–Crippen MR) is 74.1 cm³/mol. The second-order valence-corrected chi connectivity index (χ2v) is 4.64. The third-order valence-corrected chi connectivity index (χ3v) is 3.49. The lowest BCUT2D eigenvalue weighted by atomic mass is 10.2. The van der Waals surface area contributed by atoms with Crippen LogP contribution in [-0.4, -0.2) is 59.1 Å². The molecule has 1 aromatic rings. The zero-order valence-corrected chi connectivity index (χ0v) is 11.9. The Bertz CT molecular complexity index is 565. The quantitative estimate of drug-likeness (QED) is 0.580. The Morgan fingerprint density at radius 3 is 2.62 bits per heavy atom. The molecule has 1 aromatic heterocycles. The van der Waals surface area contributed by atoms with Gasteiger partial charge in [0.2, 0.25) is 5.82 Å². The third kappa shape index (κ3) is 3.00. The molecule has 0 radical (unpaired) electrons. The average molecular weight is 292 g/mol. The number of piperazine rings is 1. The largest absolute Gasteiger partial charge is 0.476 e. The Balaban J connectivity index is 2.21. The van der Waals surface area contributed by atoms with Gasteiger partial charge >= 0.3 is 5.69 Å². The van der Waals surface area contributed by atoms with E-state index in [-0.39, 0.29) is 23.4 Å². The van der Waals surface area contributed by atoms with Crippen molar-refractivity contribution in [2.24, 2.45) is 0 Å². The molecule has 0 bridgehead atoms. The van der Waals surface area contributed by atoms with E-state index < -0.39 is 4.92 Å². The average Bonchev–Trinajstić information content (AvgIpc) is 2.53. The molecule has 21 heavy (non-hydrogen) atoms. The highest BCUT2D eigenvalue weighted by molar-refractivity contribution is 5.62. The maximum atomic E-state index is 11.2. The van der Waals surface area contributed by atoms with Crippen LogP contribution in [0.3, 0.4) is 0 Å². The van der Waals surface area contributed by atoms with Crippen molar-refractivity contribution in [1.82, 2.24) is 14.9 Å². The van der Waals surface area contributed by atoms with Crippen molar-refractivity contribution in [2.45, 2.75) is 13.0 Å². The number of nitrogens with zero attached hydrogens (tertiary/aromatic N) is 6. The lowest BCUT2D eigenvalue weighted by molar-refractivity contribution is -0.385. The normalized spacial score (nSPS) is 17.1. The van der Waals surface area contributed by atoms with Crippen LogP contribution < -0.4 is 9.64 Å². The molecule has 112 valence electrons. The van der Waals surface area contributed by atoms with Gasteiger partial charge < -0.3 is 9.64 Å². The van der Waals surface area contributed by atoms with E-state index >= 15 is 0 Å². The number of methoxy groups -OCH3 is 1. The minimum Gasteiger partial charge on any atom is -0.476 e. The predicted octanol–water partition coefficient (Wildman–Crippen LogP) is 0.427. The Labute approximate surface area is 121 Å². The molecule has 1 unspecified atom stereocenters. The second-order valence-electron chi connectivity index (χ2n) is 4.64. The second kappa shape index (κ2) is 6.32. The molecule has 1 saturated heterocycles. The summed E-state index contributed by atoms with van der Waals surface area (Å²) in [5.74, 6) is 0.217. The van der Waals surface area contributed by atoms with Crippen LogP contribution in [0.15, 0.2) is 6.33 Å². The molecule has 2 rings (SSSR count). The van der Waals surface area contributed by atoms with Gasteiger partial charge in [0.15, 0.2) is 0 Å². The number of nitro groups is 1. The fourth-order valence-electron chi connectivity index (χ4n) is 2.30. The number of nitriles is 1. The van der Waals surface area contributed by atoms with Crippen molar-refractivity contribution < 1.29 is 9.66 Å². The molecular formula is C12H16N6O3. The highest BCUT2D eigenvalue weighted by Crippen LogP contribution is 2.33. The summed E-state index contributed by atoms with van der Waals surface area (Å²) in [5, 5.41) is 20.2. The minimum absolute atomic E-state index is 0.0437. The highest BCUT2D eigenvalue weighted by Gasteiger charge is 2.30. The topological polar surface area (TPSA) is 108 Å². The molecule has 1 fully saturated rings. The fourth-order valence-corrected chi connectivity index (χ4v) is 2.30. The SMILES string of the molecule is COc1ncnc(N2CCN(C(C)C#N)CC2)c1[N+](=O)[O-]. The molecule has 0 amide bonds. The van der Waals surface area contributed by atoms with Crippen LogP contribution in [-0.2, 0) is 0 Å². The lowest BCUT2D eigenvalue weighted by Crippen LogP contribution is -2.49.